The first-order valence-electron chi connectivity index (χ1n) is 4.23. The summed E-state index contributed by atoms with van der Waals surface area (Å²) >= 11 is 9.12. The Bertz CT molecular complexity index is 292. The zero-order valence-corrected chi connectivity index (χ0v) is 8.61. The molecule has 0 N–H and O–H groups in total. The average Bonchev–Trinajstić information content (AvgIpc) is 2.04. The van der Waals surface area contributed by atoms with Crippen molar-refractivity contribution in [2.75, 3.05) is 0 Å². The third-order valence-corrected chi connectivity index (χ3v) is 3.35. The summed E-state index contributed by atoms with van der Waals surface area (Å²) in [5.74, 6) is 0. The molecule has 0 aromatic heterocycles. The van der Waals surface area contributed by atoms with Crippen LogP contribution in [0.2, 0.25) is 0 Å². The molecule has 0 heterocycles. The molecule has 0 nitrogen and oxygen atoms in total. The molecule has 0 spiro atoms. The van der Waals surface area contributed by atoms with Crippen molar-refractivity contribution in [1.29, 1.82) is 0 Å². The van der Waals surface area contributed by atoms with Crippen molar-refractivity contribution in [3.8, 4) is 0 Å². The first kappa shape index (κ1) is 8.52. The van der Waals surface area contributed by atoms with Crippen molar-refractivity contribution in [2.45, 2.75) is 23.3 Å². The van der Waals surface area contributed by atoms with E-state index in [1.807, 2.05) is 0 Å². The van der Waals surface area contributed by atoms with Crippen LogP contribution in [0.4, 0.5) is 0 Å². The van der Waals surface area contributed by atoms with Gasteiger partial charge in [0.15, 0.2) is 0 Å². The van der Waals surface area contributed by atoms with Crippen LogP contribution in [0.15, 0.2) is 24.3 Å². The summed E-state index contributed by atoms with van der Waals surface area (Å²) in [6.07, 6.45) is 3.44. The lowest BCUT2D eigenvalue weighted by atomic mass is 9.91. The van der Waals surface area contributed by atoms with Gasteiger partial charge in [-0.25, -0.2) is 0 Å². The second-order valence-electron chi connectivity index (χ2n) is 3.33. The standard InChI is InChI=1S/C10H12S2/c11-10(12)7-3-5-8-4-1-2-6-9(8)10/h1-2,4,6,11-12H,3,5,7H2. The number of thiol groups is 2. The van der Waals surface area contributed by atoms with Gasteiger partial charge in [0.25, 0.3) is 0 Å². The van der Waals surface area contributed by atoms with Gasteiger partial charge in [-0.3, -0.25) is 0 Å². The zero-order valence-electron chi connectivity index (χ0n) is 6.83. The van der Waals surface area contributed by atoms with E-state index in [1.54, 1.807) is 0 Å². The predicted molar refractivity (Wildman–Crippen MR) is 59.0 cm³/mol. The lowest BCUT2D eigenvalue weighted by molar-refractivity contribution is 0.647. The van der Waals surface area contributed by atoms with Gasteiger partial charge in [0.1, 0.15) is 0 Å². The van der Waals surface area contributed by atoms with E-state index in [9.17, 15) is 0 Å². The Labute approximate surface area is 84.2 Å². The molecule has 2 heteroatoms. The average molecular weight is 196 g/mol. The Hall–Kier alpha value is -0.0800. The topological polar surface area (TPSA) is 0 Å². The molecule has 0 bridgehead atoms. The maximum atomic E-state index is 4.56. The number of hydrogen-bond acceptors (Lipinski definition) is 2. The van der Waals surface area contributed by atoms with Crippen LogP contribution in [-0.2, 0) is 10.5 Å². The van der Waals surface area contributed by atoms with E-state index < -0.39 is 0 Å². The number of hydrogen-bond donors (Lipinski definition) is 2. The number of aryl methyl sites for hydroxylation is 1. The Morgan fingerprint density at radius 2 is 1.92 bits per heavy atom. The van der Waals surface area contributed by atoms with E-state index in [0.717, 1.165) is 6.42 Å². The minimum atomic E-state index is -0.200. The smallest absolute Gasteiger partial charge is 0.0804 e. The fraction of sp³-hybridized carbons (Fsp3) is 0.400. The zero-order chi connectivity index (χ0) is 8.60. The van der Waals surface area contributed by atoms with Crippen LogP contribution in [0.1, 0.15) is 24.0 Å². The highest BCUT2D eigenvalue weighted by atomic mass is 32.2. The maximum Gasteiger partial charge on any atom is 0.0804 e. The number of fused-ring (bicyclic) bond motifs is 1. The predicted octanol–water partition coefficient (Wildman–Crippen LogP) is 3.04. The summed E-state index contributed by atoms with van der Waals surface area (Å²) in [4.78, 5) is 0. The van der Waals surface area contributed by atoms with Gasteiger partial charge in [0, 0.05) is 0 Å². The second-order valence-corrected chi connectivity index (χ2v) is 5.21. The number of benzene rings is 1. The molecule has 0 fully saturated rings. The van der Waals surface area contributed by atoms with E-state index in [0.29, 0.717) is 0 Å². The molecule has 1 aromatic rings. The summed E-state index contributed by atoms with van der Waals surface area (Å²) in [5, 5.41) is 0. The third kappa shape index (κ3) is 1.38. The minimum absolute atomic E-state index is 0.200. The minimum Gasteiger partial charge on any atom is -0.157 e. The van der Waals surface area contributed by atoms with E-state index in [4.69, 9.17) is 0 Å². The molecule has 0 amide bonds. The van der Waals surface area contributed by atoms with Gasteiger partial charge < -0.3 is 0 Å². The van der Waals surface area contributed by atoms with Crippen molar-refractivity contribution in [3.05, 3.63) is 35.4 Å². The molecule has 0 saturated carbocycles. The van der Waals surface area contributed by atoms with Gasteiger partial charge in [-0.1, -0.05) is 24.3 Å². The first-order chi connectivity index (χ1) is 5.70. The summed E-state index contributed by atoms with van der Waals surface area (Å²) in [6.45, 7) is 0. The maximum absolute atomic E-state index is 4.56. The van der Waals surface area contributed by atoms with Crippen LogP contribution in [0.25, 0.3) is 0 Å². The van der Waals surface area contributed by atoms with Crippen molar-refractivity contribution >= 4 is 25.3 Å². The van der Waals surface area contributed by atoms with E-state index >= 15 is 0 Å². The lowest BCUT2D eigenvalue weighted by Gasteiger charge is -2.30. The van der Waals surface area contributed by atoms with Crippen molar-refractivity contribution in [1.82, 2.24) is 0 Å². The molecule has 2 rings (SSSR count). The second kappa shape index (κ2) is 3.00. The van der Waals surface area contributed by atoms with Gasteiger partial charge in [-0.15, -0.1) is 0 Å². The molecule has 12 heavy (non-hydrogen) atoms. The molecular formula is C10H12S2. The molecule has 64 valence electrons. The fourth-order valence-electron chi connectivity index (χ4n) is 1.79. The van der Waals surface area contributed by atoms with E-state index in [2.05, 4.69) is 49.5 Å². The molecule has 0 radical (unpaired) electrons. The fourth-order valence-corrected chi connectivity index (χ4v) is 2.54. The van der Waals surface area contributed by atoms with Crippen LogP contribution in [0.5, 0.6) is 0 Å². The van der Waals surface area contributed by atoms with E-state index in [1.165, 1.54) is 24.0 Å². The Kier molecular flexibility index (Phi) is 2.13. The van der Waals surface area contributed by atoms with Gasteiger partial charge in [-0.2, -0.15) is 25.3 Å². The van der Waals surface area contributed by atoms with Crippen LogP contribution >= 0.6 is 25.3 Å². The van der Waals surface area contributed by atoms with Gasteiger partial charge >= 0.3 is 0 Å². The van der Waals surface area contributed by atoms with Crippen molar-refractivity contribution in [2.24, 2.45) is 0 Å². The molecule has 0 aliphatic heterocycles. The SMILES string of the molecule is SC1(S)CCCc2ccccc21. The van der Waals surface area contributed by atoms with Crippen LogP contribution in [-0.4, -0.2) is 0 Å². The highest BCUT2D eigenvalue weighted by Crippen LogP contribution is 2.43. The Morgan fingerprint density at radius 1 is 1.17 bits per heavy atom. The highest BCUT2D eigenvalue weighted by Gasteiger charge is 2.28. The van der Waals surface area contributed by atoms with Crippen LogP contribution in [0.3, 0.4) is 0 Å². The van der Waals surface area contributed by atoms with Crippen molar-refractivity contribution < 1.29 is 0 Å². The molecule has 0 saturated heterocycles. The molecule has 1 aromatic carbocycles. The Balaban J connectivity index is 2.52. The van der Waals surface area contributed by atoms with Gasteiger partial charge in [0.2, 0.25) is 0 Å². The molecular weight excluding hydrogens is 184 g/mol. The number of rotatable bonds is 0. The molecule has 0 atom stereocenters. The summed E-state index contributed by atoms with van der Waals surface area (Å²) in [6, 6.07) is 8.46. The molecule has 1 aliphatic rings. The quantitative estimate of drug-likeness (QED) is 0.462. The summed E-state index contributed by atoms with van der Waals surface area (Å²) in [5.41, 5.74) is 2.71. The van der Waals surface area contributed by atoms with Crippen LogP contribution in [0, 0.1) is 0 Å². The Morgan fingerprint density at radius 3 is 2.67 bits per heavy atom. The van der Waals surface area contributed by atoms with E-state index in [-0.39, 0.29) is 4.08 Å². The normalized spacial score (nSPS) is 20.2. The van der Waals surface area contributed by atoms with Crippen LogP contribution < -0.4 is 0 Å². The summed E-state index contributed by atoms with van der Waals surface area (Å²) in [7, 11) is 0. The molecule has 0 unspecified atom stereocenters. The highest BCUT2D eigenvalue weighted by molar-refractivity contribution is 7.99. The summed E-state index contributed by atoms with van der Waals surface area (Å²) < 4.78 is -0.200. The first-order valence-corrected chi connectivity index (χ1v) is 5.13. The lowest BCUT2D eigenvalue weighted by Crippen LogP contribution is -2.18. The molecule has 1 aliphatic carbocycles. The van der Waals surface area contributed by atoms with Gasteiger partial charge in [0.05, 0.1) is 4.08 Å². The largest absolute Gasteiger partial charge is 0.157 e. The van der Waals surface area contributed by atoms with Crippen molar-refractivity contribution in [3.63, 3.8) is 0 Å². The van der Waals surface area contributed by atoms with Gasteiger partial charge in [-0.05, 0) is 30.4 Å². The monoisotopic (exact) mass is 196 g/mol. The third-order valence-electron chi connectivity index (χ3n) is 2.42.